The topological polar surface area (TPSA) is 41.1 Å². The summed E-state index contributed by atoms with van der Waals surface area (Å²) in [5.41, 5.74) is 0.266. The lowest BCUT2D eigenvalue weighted by Crippen LogP contribution is -2.46. The minimum absolute atomic E-state index is 0.266. The number of hydrogen-bond acceptors (Lipinski definition) is 2. The fraction of sp³-hybridized carbons (Fsp3) is 0.929. The summed E-state index contributed by atoms with van der Waals surface area (Å²) >= 11 is 0. The van der Waals surface area contributed by atoms with Crippen LogP contribution in [-0.4, -0.2) is 25.5 Å². The van der Waals surface area contributed by atoms with Crippen molar-refractivity contribution >= 4 is 5.91 Å². The number of carbonyl (C=O) groups is 1. The van der Waals surface area contributed by atoms with Crippen LogP contribution in [-0.2, 0) is 4.79 Å². The van der Waals surface area contributed by atoms with Crippen LogP contribution < -0.4 is 10.6 Å². The average molecular weight is 238 g/mol. The summed E-state index contributed by atoms with van der Waals surface area (Å²) in [6.07, 6.45) is 8.43. The number of hydrogen-bond donors (Lipinski definition) is 2. The third-order valence-corrected chi connectivity index (χ3v) is 4.35. The van der Waals surface area contributed by atoms with Crippen molar-refractivity contribution in [3.8, 4) is 0 Å². The molecule has 98 valence electrons. The lowest BCUT2D eigenvalue weighted by Gasteiger charge is -2.35. The Hall–Kier alpha value is -0.570. The van der Waals surface area contributed by atoms with Crippen molar-refractivity contribution in [1.29, 1.82) is 0 Å². The normalized spacial score (nSPS) is 31.1. The van der Waals surface area contributed by atoms with Crippen molar-refractivity contribution in [2.45, 2.75) is 51.9 Å². The van der Waals surface area contributed by atoms with E-state index in [1.807, 2.05) is 0 Å². The summed E-state index contributed by atoms with van der Waals surface area (Å²) in [6.45, 7) is 5.29. The molecule has 3 nitrogen and oxygen atoms in total. The number of rotatable bonds is 3. The summed E-state index contributed by atoms with van der Waals surface area (Å²) in [6, 6.07) is 0. The highest BCUT2D eigenvalue weighted by Gasteiger charge is 2.28. The van der Waals surface area contributed by atoms with Crippen LogP contribution in [0.1, 0.15) is 51.9 Å². The molecule has 0 spiro atoms. The first-order valence-corrected chi connectivity index (χ1v) is 7.18. The predicted octanol–water partition coefficient (Wildman–Crippen LogP) is 2.07. The summed E-state index contributed by atoms with van der Waals surface area (Å²) in [5, 5.41) is 6.61. The van der Waals surface area contributed by atoms with Crippen LogP contribution in [0, 0.1) is 11.3 Å². The third-order valence-electron chi connectivity index (χ3n) is 4.35. The van der Waals surface area contributed by atoms with Crippen molar-refractivity contribution in [1.82, 2.24) is 10.6 Å². The highest BCUT2D eigenvalue weighted by molar-refractivity contribution is 5.78. The van der Waals surface area contributed by atoms with Crippen LogP contribution in [0.25, 0.3) is 0 Å². The first kappa shape index (κ1) is 12.9. The maximum absolute atomic E-state index is 12.1. The van der Waals surface area contributed by atoms with Crippen molar-refractivity contribution in [2.75, 3.05) is 19.6 Å². The molecule has 0 aromatic heterocycles. The molecule has 0 aromatic carbocycles. The van der Waals surface area contributed by atoms with Crippen molar-refractivity contribution < 1.29 is 4.79 Å². The Kier molecular flexibility index (Phi) is 4.43. The molecule has 1 unspecified atom stereocenters. The number of carbonyl (C=O) groups excluding carboxylic acids is 1. The molecule has 1 saturated heterocycles. The first-order chi connectivity index (χ1) is 8.20. The van der Waals surface area contributed by atoms with Crippen LogP contribution in [0.5, 0.6) is 0 Å². The second-order valence-electron chi connectivity index (χ2n) is 6.14. The zero-order valence-electron chi connectivity index (χ0n) is 11.1. The van der Waals surface area contributed by atoms with Gasteiger partial charge < -0.3 is 10.6 Å². The number of amides is 1. The molecule has 3 heteroatoms. The van der Waals surface area contributed by atoms with E-state index in [-0.39, 0.29) is 5.41 Å². The minimum atomic E-state index is 0.266. The average Bonchev–Trinajstić information content (AvgIpc) is 2.38. The molecule has 1 heterocycles. The molecular weight excluding hydrogens is 212 g/mol. The van der Waals surface area contributed by atoms with Crippen LogP contribution in [0.2, 0.25) is 0 Å². The molecule has 0 aromatic rings. The maximum Gasteiger partial charge on any atom is 0.223 e. The Bertz CT molecular complexity index is 253. The summed E-state index contributed by atoms with van der Waals surface area (Å²) in [4.78, 5) is 12.1. The van der Waals surface area contributed by atoms with Gasteiger partial charge in [-0.2, -0.15) is 0 Å². The van der Waals surface area contributed by atoms with E-state index in [0.29, 0.717) is 11.8 Å². The van der Waals surface area contributed by atoms with Crippen LogP contribution >= 0.6 is 0 Å². The zero-order valence-corrected chi connectivity index (χ0v) is 11.1. The summed E-state index contributed by atoms with van der Waals surface area (Å²) < 4.78 is 0. The van der Waals surface area contributed by atoms with Gasteiger partial charge in [-0.05, 0) is 37.6 Å². The molecular formula is C14H26N2O. The Labute approximate surface area is 105 Å². The van der Waals surface area contributed by atoms with E-state index in [2.05, 4.69) is 17.6 Å². The van der Waals surface area contributed by atoms with Crippen molar-refractivity contribution in [3.05, 3.63) is 0 Å². The lowest BCUT2D eigenvalue weighted by atomic mass is 9.82. The van der Waals surface area contributed by atoms with Gasteiger partial charge in [0.25, 0.3) is 0 Å². The minimum Gasteiger partial charge on any atom is -0.355 e. The van der Waals surface area contributed by atoms with Crippen molar-refractivity contribution in [2.24, 2.45) is 11.3 Å². The Balaban J connectivity index is 1.74. The fourth-order valence-corrected chi connectivity index (χ4v) is 3.08. The Morgan fingerprint density at radius 1 is 1.29 bits per heavy atom. The second-order valence-corrected chi connectivity index (χ2v) is 6.14. The molecule has 2 aliphatic rings. The van der Waals surface area contributed by atoms with E-state index in [4.69, 9.17) is 0 Å². The quantitative estimate of drug-likeness (QED) is 0.790. The van der Waals surface area contributed by atoms with Gasteiger partial charge >= 0.3 is 0 Å². The number of nitrogens with one attached hydrogen (secondary N) is 2. The van der Waals surface area contributed by atoms with Gasteiger partial charge in [-0.25, -0.2) is 0 Å². The standard InChI is InChI=1S/C14H26N2O/c1-14(8-5-9-15-10-14)11-16-13(17)12-6-3-2-4-7-12/h12,15H,2-11H2,1H3,(H,16,17). The van der Waals surface area contributed by atoms with E-state index >= 15 is 0 Å². The first-order valence-electron chi connectivity index (χ1n) is 7.18. The highest BCUT2D eigenvalue weighted by atomic mass is 16.1. The SMILES string of the molecule is CC1(CNC(=O)C2CCCCC2)CCCNC1. The lowest BCUT2D eigenvalue weighted by molar-refractivity contribution is -0.126. The molecule has 0 radical (unpaired) electrons. The monoisotopic (exact) mass is 238 g/mol. The van der Waals surface area contributed by atoms with Gasteiger partial charge in [0.05, 0.1) is 0 Å². The van der Waals surface area contributed by atoms with Gasteiger partial charge in [0.15, 0.2) is 0 Å². The molecule has 2 N–H and O–H groups in total. The molecule has 1 aliphatic carbocycles. The van der Waals surface area contributed by atoms with Gasteiger partial charge in [-0.1, -0.05) is 26.2 Å². The maximum atomic E-state index is 12.1. The second kappa shape index (κ2) is 5.85. The van der Waals surface area contributed by atoms with E-state index in [1.165, 1.54) is 32.1 Å². The van der Waals surface area contributed by atoms with E-state index in [0.717, 1.165) is 32.5 Å². The highest BCUT2D eigenvalue weighted by Crippen LogP contribution is 2.26. The van der Waals surface area contributed by atoms with Gasteiger partial charge in [0.1, 0.15) is 0 Å². The largest absolute Gasteiger partial charge is 0.355 e. The molecule has 2 fully saturated rings. The van der Waals surface area contributed by atoms with Gasteiger partial charge in [0.2, 0.25) is 5.91 Å². The third kappa shape index (κ3) is 3.70. The summed E-state index contributed by atoms with van der Waals surface area (Å²) in [7, 11) is 0. The molecule has 1 saturated carbocycles. The molecule has 1 amide bonds. The van der Waals surface area contributed by atoms with E-state index in [9.17, 15) is 4.79 Å². The zero-order chi connectivity index (χ0) is 12.1. The van der Waals surface area contributed by atoms with Crippen LogP contribution in [0.4, 0.5) is 0 Å². The smallest absolute Gasteiger partial charge is 0.223 e. The molecule has 0 bridgehead atoms. The predicted molar refractivity (Wildman–Crippen MR) is 69.8 cm³/mol. The van der Waals surface area contributed by atoms with E-state index in [1.54, 1.807) is 0 Å². The Morgan fingerprint density at radius 3 is 2.71 bits per heavy atom. The molecule has 1 atom stereocenters. The van der Waals surface area contributed by atoms with Crippen molar-refractivity contribution in [3.63, 3.8) is 0 Å². The van der Waals surface area contributed by atoms with Gasteiger partial charge in [-0.15, -0.1) is 0 Å². The van der Waals surface area contributed by atoms with Gasteiger partial charge in [0, 0.05) is 19.0 Å². The van der Waals surface area contributed by atoms with Gasteiger partial charge in [-0.3, -0.25) is 4.79 Å². The van der Waals surface area contributed by atoms with Crippen LogP contribution in [0.3, 0.4) is 0 Å². The van der Waals surface area contributed by atoms with E-state index < -0.39 is 0 Å². The molecule has 1 aliphatic heterocycles. The molecule has 2 rings (SSSR count). The molecule has 17 heavy (non-hydrogen) atoms. The number of piperidine rings is 1. The Morgan fingerprint density at radius 2 is 2.06 bits per heavy atom. The van der Waals surface area contributed by atoms with Crippen LogP contribution in [0.15, 0.2) is 0 Å². The fourth-order valence-electron chi connectivity index (χ4n) is 3.08. The summed E-state index contributed by atoms with van der Waals surface area (Å²) in [5.74, 6) is 0.598.